The van der Waals surface area contributed by atoms with E-state index in [1.165, 1.54) is 5.52 Å². The first-order valence-corrected chi connectivity index (χ1v) is 5.90. The minimum Gasteiger partial charge on any atom is -0.329 e. The molecule has 2 N–H and O–H groups in total. The second kappa shape index (κ2) is 4.33. The minimum atomic E-state index is 0.647. The third-order valence-corrected chi connectivity index (χ3v) is 2.95. The van der Waals surface area contributed by atoms with Gasteiger partial charge in [-0.05, 0) is 18.2 Å². The third kappa shape index (κ3) is 1.92. The Bertz CT molecular complexity index is 476. The molecule has 0 fully saturated rings. The van der Waals surface area contributed by atoms with Crippen molar-refractivity contribution in [1.29, 1.82) is 0 Å². The molecule has 4 heteroatoms. The van der Waals surface area contributed by atoms with Gasteiger partial charge in [-0.25, -0.2) is 4.98 Å². The molecule has 15 heavy (non-hydrogen) atoms. The average molecular weight is 268 g/mol. The molecule has 0 atom stereocenters. The number of benzene rings is 1. The highest BCUT2D eigenvalue weighted by Gasteiger charge is 2.08. The first kappa shape index (κ1) is 10.6. The van der Waals surface area contributed by atoms with Gasteiger partial charge in [0.25, 0.3) is 0 Å². The van der Waals surface area contributed by atoms with Crippen molar-refractivity contribution in [3.8, 4) is 0 Å². The largest absolute Gasteiger partial charge is 0.329 e. The fraction of sp³-hybridized carbons (Fsp3) is 0.364. The molecular formula is C11H14BrN3. The van der Waals surface area contributed by atoms with Crippen LogP contribution in [0.25, 0.3) is 11.0 Å². The lowest BCUT2D eigenvalue weighted by atomic mass is 10.3. The van der Waals surface area contributed by atoms with Crippen LogP contribution >= 0.6 is 15.9 Å². The van der Waals surface area contributed by atoms with Crippen molar-refractivity contribution < 1.29 is 0 Å². The van der Waals surface area contributed by atoms with Gasteiger partial charge in [0.15, 0.2) is 0 Å². The van der Waals surface area contributed by atoms with Crippen molar-refractivity contribution in [2.24, 2.45) is 5.73 Å². The zero-order valence-electron chi connectivity index (χ0n) is 8.70. The molecule has 0 saturated heterocycles. The number of rotatable bonds is 3. The molecule has 2 rings (SSSR count). The van der Waals surface area contributed by atoms with Crippen LogP contribution in [0.1, 0.15) is 12.7 Å². The molecule has 1 aromatic carbocycles. The number of halogens is 1. The van der Waals surface area contributed by atoms with Crippen LogP contribution in [0.15, 0.2) is 22.7 Å². The molecule has 0 spiro atoms. The van der Waals surface area contributed by atoms with Crippen molar-refractivity contribution in [3.05, 3.63) is 28.5 Å². The average Bonchev–Trinajstić information content (AvgIpc) is 2.56. The highest BCUT2D eigenvalue weighted by molar-refractivity contribution is 9.10. The molecule has 1 aromatic heterocycles. The van der Waals surface area contributed by atoms with Crippen molar-refractivity contribution in [2.75, 3.05) is 6.54 Å². The van der Waals surface area contributed by atoms with E-state index < -0.39 is 0 Å². The summed E-state index contributed by atoms with van der Waals surface area (Å²) < 4.78 is 3.26. The van der Waals surface area contributed by atoms with E-state index in [2.05, 4.69) is 38.5 Å². The Balaban J connectivity index is 2.63. The molecule has 3 nitrogen and oxygen atoms in total. The van der Waals surface area contributed by atoms with Gasteiger partial charge in [-0.3, -0.25) is 0 Å². The number of aryl methyl sites for hydroxylation is 1. The zero-order chi connectivity index (χ0) is 10.8. The molecule has 0 saturated carbocycles. The first-order chi connectivity index (χ1) is 7.26. The molecule has 0 unspecified atom stereocenters. The normalized spacial score (nSPS) is 11.1. The Morgan fingerprint density at radius 2 is 2.27 bits per heavy atom. The smallest absolute Gasteiger partial charge is 0.109 e. The van der Waals surface area contributed by atoms with Gasteiger partial charge in [0.2, 0.25) is 0 Å². The second-order valence-corrected chi connectivity index (χ2v) is 4.37. The van der Waals surface area contributed by atoms with Crippen molar-refractivity contribution >= 4 is 27.0 Å². The molecule has 0 amide bonds. The third-order valence-electron chi connectivity index (χ3n) is 2.46. The number of nitrogens with two attached hydrogens (primary N) is 1. The van der Waals surface area contributed by atoms with Gasteiger partial charge < -0.3 is 10.3 Å². The number of hydrogen-bond acceptors (Lipinski definition) is 2. The van der Waals surface area contributed by atoms with Gasteiger partial charge >= 0.3 is 0 Å². The fourth-order valence-electron chi connectivity index (χ4n) is 1.80. The van der Waals surface area contributed by atoms with Crippen molar-refractivity contribution in [2.45, 2.75) is 19.9 Å². The van der Waals surface area contributed by atoms with Crippen LogP contribution in [0.4, 0.5) is 0 Å². The first-order valence-electron chi connectivity index (χ1n) is 5.11. The number of imidazole rings is 1. The summed E-state index contributed by atoms with van der Waals surface area (Å²) in [5.74, 6) is 1.11. The molecule has 0 aliphatic rings. The Labute approximate surface area is 97.4 Å². The highest BCUT2D eigenvalue weighted by Crippen LogP contribution is 2.20. The van der Waals surface area contributed by atoms with Gasteiger partial charge in [0.1, 0.15) is 5.82 Å². The number of nitrogens with zero attached hydrogens (tertiary/aromatic N) is 2. The van der Waals surface area contributed by atoms with Gasteiger partial charge in [-0.2, -0.15) is 0 Å². The highest BCUT2D eigenvalue weighted by atomic mass is 79.9. The Morgan fingerprint density at radius 3 is 2.93 bits per heavy atom. The lowest BCUT2D eigenvalue weighted by Gasteiger charge is -2.05. The van der Waals surface area contributed by atoms with Crippen LogP contribution in [-0.4, -0.2) is 16.1 Å². The van der Waals surface area contributed by atoms with Gasteiger partial charge in [0, 0.05) is 24.0 Å². The van der Waals surface area contributed by atoms with Gasteiger partial charge in [-0.15, -0.1) is 0 Å². The van der Waals surface area contributed by atoms with E-state index in [0.717, 1.165) is 28.8 Å². The van der Waals surface area contributed by atoms with Crippen LogP contribution in [0.2, 0.25) is 0 Å². The number of aromatic nitrogens is 2. The SMILES string of the molecule is CCc1nc2cc(Br)ccc2n1CCN. The zero-order valence-corrected chi connectivity index (χ0v) is 10.3. The Morgan fingerprint density at radius 1 is 1.47 bits per heavy atom. The van der Waals surface area contributed by atoms with Gasteiger partial charge in [-0.1, -0.05) is 22.9 Å². The molecule has 2 aromatic rings. The molecule has 0 bridgehead atoms. The van der Waals surface area contributed by atoms with Crippen LogP contribution < -0.4 is 5.73 Å². The molecule has 80 valence electrons. The van der Waals surface area contributed by atoms with E-state index >= 15 is 0 Å². The van der Waals surface area contributed by atoms with E-state index in [4.69, 9.17) is 5.73 Å². The van der Waals surface area contributed by atoms with Crippen LogP contribution in [-0.2, 0) is 13.0 Å². The van der Waals surface area contributed by atoms with E-state index in [0.29, 0.717) is 6.54 Å². The summed E-state index contributed by atoms with van der Waals surface area (Å²) in [5, 5.41) is 0. The Hall–Kier alpha value is -0.870. The molecule has 0 aliphatic heterocycles. The summed E-state index contributed by atoms with van der Waals surface area (Å²) in [7, 11) is 0. The van der Waals surface area contributed by atoms with Crippen LogP contribution in [0.5, 0.6) is 0 Å². The van der Waals surface area contributed by atoms with E-state index in [1.54, 1.807) is 0 Å². The van der Waals surface area contributed by atoms with Crippen molar-refractivity contribution in [1.82, 2.24) is 9.55 Å². The maximum Gasteiger partial charge on any atom is 0.109 e. The summed E-state index contributed by atoms with van der Waals surface area (Å²) in [6.45, 7) is 3.60. The molecular weight excluding hydrogens is 254 g/mol. The molecule has 0 radical (unpaired) electrons. The predicted octanol–water partition coefficient (Wildman–Crippen LogP) is 2.32. The predicted molar refractivity (Wildman–Crippen MR) is 65.9 cm³/mol. The lowest BCUT2D eigenvalue weighted by Crippen LogP contribution is -2.12. The van der Waals surface area contributed by atoms with Crippen LogP contribution in [0, 0.1) is 0 Å². The lowest BCUT2D eigenvalue weighted by molar-refractivity contribution is 0.684. The monoisotopic (exact) mass is 267 g/mol. The molecule has 1 heterocycles. The quantitative estimate of drug-likeness (QED) is 0.928. The summed E-state index contributed by atoms with van der Waals surface area (Å²) in [5.41, 5.74) is 7.81. The summed E-state index contributed by atoms with van der Waals surface area (Å²) in [6, 6.07) is 6.17. The summed E-state index contributed by atoms with van der Waals surface area (Å²) in [6.07, 6.45) is 0.937. The van der Waals surface area contributed by atoms with E-state index in [1.807, 2.05) is 12.1 Å². The number of fused-ring (bicyclic) bond motifs is 1. The summed E-state index contributed by atoms with van der Waals surface area (Å²) >= 11 is 3.45. The topological polar surface area (TPSA) is 43.8 Å². The van der Waals surface area contributed by atoms with Gasteiger partial charge in [0.05, 0.1) is 11.0 Å². The second-order valence-electron chi connectivity index (χ2n) is 3.45. The minimum absolute atomic E-state index is 0.647. The Kier molecular flexibility index (Phi) is 3.07. The van der Waals surface area contributed by atoms with E-state index in [-0.39, 0.29) is 0 Å². The standard InChI is InChI=1S/C11H14BrN3/c1-2-11-14-9-7-8(12)3-4-10(9)15(11)6-5-13/h3-4,7H,2,5-6,13H2,1H3. The van der Waals surface area contributed by atoms with E-state index in [9.17, 15) is 0 Å². The summed E-state index contributed by atoms with van der Waals surface area (Å²) in [4.78, 5) is 4.59. The van der Waals surface area contributed by atoms with Crippen molar-refractivity contribution in [3.63, 3.8) is 0 Å². The maximum absolute atomic E-state index is 5.61. The maximum atomic E-state index is 5.61. The number of hydrogen-bond donors (Lipinski definition) is 1. The fourth-order valence-corrected chi connectivity index (χ4v) is 2.15. The molecule has 0 aliphatic carbocycles. The van der Waals surface area contributed by atoms with Crippen LogP contribution in [0.3, 0.4) is 0 Å².